The molecule has 146 valence electrons. The maximum Gasteiger partial charge on any atom is 0.258 e. The smallest absolute Gasteiger partial charge is 0.258 e. The first-order valence-corrected chi connectivity index (χ1v) is 9.03. The number of carbonyl (C=O) groups is 1. The molecule has 2 N–H and O–H groups in total. The lowest BCUT2D eigenvalue weighted by Gasteiger charge is -2.19. The monoisotopic (exact) mass is 393 g/mol. The van der Waals surface area contributed by atoms with Gasteiger partial charge in [0.2, 0.25) is 5.95 Å². The molecule has 0 spiro atoms. The maximum absolute atomic E-state index is 12.6. The number of aryl methyl sites for hydroxylation is 1. The molecule has 2 aromatic rings. The highest BCUT2D eigenvalue weighted by molar-refractivity contribution is 6.03. The molecule has 0 aliphatic carbocycles. The van der Waals surface area contributed by atoms with Crippen molar-refractivity contribution in [1.82, 2.24) is 20.1 Å². The minimum absolute atomic E-state index is 0. The van der Waals surface area contributed by atoms with Crippen molar-refractivity contribution in [2.24, 2.45) is 7.05 Å². The number of nitrogens with one attached hydrogen (secondary N) is 2. The van der Waals surface area contributed by atoms with E-state index in [9.17, 15) is 4.79 Å². The SMILES string of the molecule is Cl.Cn1nc(C2CCNCC2)nc1NC(=O)c1ccc2c(c1)OCCCO2. The molecule has 2 aliphatic rings. The predicted molar refractivity (Wildman–Crippen MR) is 103 cm³/mol. The van der Waals surface area contributed by atoms with Gasteiger partial charge < -0.3 is 14.8 Å². The Hall–Kier alpha value is -2.32. The number of aromatic nitrogens is 3. The average molecular weight is 394 g/mol. The van der Waals surface area contributed by atoms with E-state index in [4.69, 9.17) is 9.47 Å². The average Bonchev–Trinajstić information content (AvgIpc) is 2.89. The van der Waals surface area contributed by atoms with Gasteiger partial charge in [-0.2, -0.15) is 10.1 Å². The summed E-state index contributed by atoms with van der Waals surface area (Å²) in [6.45, 7) is 3.15. The number of rotatable bonds is 3. The zero-order valence-corrected chi connectivity index (χ0v) is 16.1. The second kappa shape index (κ2) is 8.58. The molecule has 8 nitrogen and oxygen atoms in total. The third-order valence-corrected chi connectivity index (χ3v) is 4.72. The van der Waals surface area contributed by atoms with E-state index < -0.39 is 0 Å². The lowest BCUT2D eigenvalue weighted by atomic mass is 9.98. The predicted octanol–water partition coefficient (Wildman–Crippen LogP) is 2.12. The third-order valence-electron chi connectivity index (χ3n) is 4.72. The summed E-state index contributed by atoms with van der Waals surface area (Å²) < 4.78 is 12.9. The van der Waals surface area contributed by atoms with Gasteiger partial charge in [-0.3, -0.25) is 10.1 Å². The normalized spacial score (nSPS) is 16.9. The minimum Gasteiger partial charge on any atom is -0.490 e. The van der Waals surface area contributed by atoms with E-state index in [-0.39, 0.29) is 18.3 Å². The van der Waals surface area contributed by atoms with E-state index in [1.54, 1.807) is 29.9 Å². The number of fused-ring (bicyclic) bond motifs is 1. The second-order valence-electron chi connectivity index (χ2n) is 6.61. The molecular weight excluding hydrogens is 370 g/mol. The van der Waals surface area contributed by atoms with E-state index in [1.807, 2.05) is 0 Å². The van der Waals surface area contributed by atoms with E-state index in [0.29, 0.717) is 42.1 Å². The molecule has 1 fully saturated rings. The first-order chi connectivity index (χ1) is 12.7. The van der Waals surface area contributed by atoms with Crippen LogP contribution in [0.4, 0.5) is 5.95 Å². The van der Waals surface area contributed by atoms with Gasteiger partial charge in [-0.25, -0.2) is 4.68 Å². The Balaban J connectivity index is 0.00000210. The van der Waals surface area contributed by atoms with Crippen LogP contribution in [0.1, 0.15) is 41.4 Å². The zero-order chi connectivity index (χ0) is 17.9. The molecule has 1 aromatic carbocycles. The van der Waals surface area contributed by atoms with Gasteiger partial charge in [0, 0.05) is 24.9 Å². The molecule has 2 aliphatic heterocycles. The zero-order valence-electron chi connectivity index (χ0n) is 15.2. The highest BCUT2D eigenvalue weighted by Crippen LogP contribution is 2.30. The molecule has 9 heteroatoms. The number of hydrogen-bond donors (Lipinski definition) is 2. The van der Waals surface area contributed by atoms with Crippen LogP contribution in [0.15, 0.2) is 18.2 Å². The largest absolute Gasteiger partial charge is 0.490 e. The highest BCUT2D eigenvalue weighted by atomic mass is 35.5. The number of amides is 1. The van der Waals surface area contributed by atoms with Crippen molar-refractivity contribution < 1.29 is 14.3 Å². The Kier molecular flexibility index (Phi) is 6.18. The van der Waals surface area contributed by atoms with Gasteiger partial charge in [0.05, 0.1) is 13.2 Å². The summed E-state index contributed by atoms with van der Waals surface area (Å²) in [6.07, 6.45) is 2.85. The topological polar surface area (TPSA) is 90.3 Å². The molecule has 0 bridgehead atoms. The second-order valence-corrected chi connectivity index (χ2v) is 6.61. The van der Waals surface area contributed by atoms with Crippen LogP contribution in [-0.4, -0.2) is 47.0 Å². The van der Waals surface area contributed by atoms with Crippen molar-refractivity contribution in [2.45, 2.75) is 25.2 Å². The summed E-state index contributed by atoms with van der Waals surface area (Å²) in [6, 6.07) is 5.21. The van der Waals surface area contributed by atoms with E-state index in [1.165, 1.54) is 0 Å². The fraction of sp³-hybridized carbons (Fsp3) is 0.500. The van der Waals surface area contributed by atoms with E-state index >= 15 is 0 Å². The summed E-state index contributed by atoms with van der Waals surface area (Å²) in [5.74, 6) is 2.62. The van der Waals surface area contributed by atoms with Crippen molar-refractivity contribution >= 4 is 24.3 Å². The molecular formula is C18H24ClN5O3. The molecule has 0 radical (unpaired) electrons. The number of piperidine rings is 1. The molecule has 4 rings (SSSR count). The van der Waals surface area contributed by atoms with Gasteiger partial charge in [-0.15, -0.1) is 12.4 Å². The van der Waals surface area contributed by atoms with Crippen molar-refractivity contribution in [3.05, 3.63) is 29.6 Å². The number of halogens is 1. The van der Waals surface area contributed by atoms with Crippen LogP contribution in [0, 0.1) is 0 Å². The third kappa shape index (κ3) is 4.33. The van der Waals surface area contributed by atoms with Gasteiger partial charge in [0.15, 0.2) is 17.3 Å². The first kappa shape index (κ1) is 19.4. The molecule has 3 heterocycles. The first-order valence-electron chi connectivity index (χ1n) is 9.03. The summed E-state index contributed by atoms with van der Waals surface area (Å²) in [5, 5.41) is 10.7. The van der Waals surface area contributed by atoms with Crippen molar-refractivity contribution in [1.29, 1.82) is 0 Å². The van der Waals surface area contributed by atoms with Crippen LogP contribution in [-0.2, 0) is 7.05 Å². The minimum atomic E-state index is -0.243. The Morgan fingerprint density at radius 1 is 1.22 bits per heavy atom. The maximum atomic E-state index is 12.6. The molecule has 0 saturated carbocycles. The number of ether oxygens (including phenoxy) is 2. The summed E-state index contributed by atoms with van der Waals surface area (Å²) in [4.78, 5) is 17.2. The van der Waals surface area contributed by atoms with Crippen LogP contribution in [0.25, 0.3) is 0 Å². The number of hydrogen-bond acceptors (Lipinski definition) is 6. The van der Waals surface area contributed by atoms with Crippen LogP contribution in [0.3, 0.4) is 0 Å². The summed E-state index contributed by atoms with van der Waals surface area (Å²) in [5.41, 5.74) is 0.501. The Morgan fingerprint density at radius 3 is 2.74 bits per heavy atom. The lowest BCUT2D eigenvalue weighted by Crippen LogP contribution is -2.27. The van der Waals surface area contributed by atoms with Gasteiger partial charge in [-0.05, 0) is 44.1 Å². The van der Waals surface area contributed by atoms with Crippen LogP contribution in [0.5, 0.6) is 11.5 Å². The molecule has 1 amide bonds. The Bertz CT molecular complexity index is 804. The lowest BCUT2D eigenvalue weighted by molar-refractivity contribution is 0.102. The summed E-state index contributed by atoms with van der Waals surface area (Å²) in [7, 11) is 1.79. The summed E-state index contributed by atoms with van der Waals surface area (Å²) >= 11 is 0. The van der Waals surface area contributed by atoms with Gasteiger partial charge in [0.1, 0.15) is 0 Å². The number of anilines is 1. The van der Waals surface area contributed by atoms with Crippen molar-refractivity contribution in [3.8, 4) is 11.5 Å². The molecule has 27 heavy (non-hydrogen) atoms. The van der Waals surface area contributed by atoms with Crippen molar-refractivity contribution in [2.75, 3.05) is 31.6 Å². The fourth-order valence-corrected chi connectivity index (χ4v) is 3.24. The van der Waals surface area contributed by atoms with Crippen LogP contribution < -0.4 is 20.1 Å². The van der Waals surface area contributed by atoms with E-state index in [0.717, 1.165) is 38.2 Å². The molecule has 0 unspecified atom stereocenters. The number of benzene rings is 1. The molecule has 1 saturated heterocycles. The van der Waals surface area contributed by atoms with Gasteiger partial charge in [-0.1, -0.05) is 0 Å². The highest BCUT2D eigenvalue weighted by Gasteiger charge is 2.22. The van der Waals surface area contributed by atoms with Crippen LogP contribution in [0.2, 0.25) is 0 Å². The standard InChI is InChI=1S/C18H23N5O3.ClH/c1-23-18(20-16(22-23)12-5-7-19-8-6-12)21-17(24)13-3-4-14-15(11-13)26-10-2-9-25-14;/h3-4,11-12,19H,2,5-10H2,1H3,(H,20,21,22,24);1H. The fourth-order valence-electron chi connectivity index (χ4n) is 3.24. The quantitative estimate of drug-likeness (QED) is 0.830. The van der Waals surface area contributed by atoms with Crippen LogP contribution >= 0.6 is 12.4 Å². The van der Waals surface area contributed by atoms with Gasteiger partial charge in [0.25, 0.3) is 5.91 Å². The number of carbonyl (C=O) groups excluding carboxylic acids is 1. The Labute approximate surface area is 164 Å². The molecule has 1 aromatic heterocycles. The Morgan fingerprint density at radius 2 is 1.96 bits per heavy atom. The number of nitrogens with zero attached hydrogens (tertiary/aromatic N) is 3. The van der Waals surface area contributed by atoms with Crippen molar-refractivity contribution in [3.63, 3.8) is 0 Å². The van der Waals surface area contributed by atoms with E-state index in [2.05, 4.69) is 20.7 Å². The molecule has 0 atom stereocenters. The van der Waals surface area contributed by atoms with Gasteiger partial charge >= 0.3 is 0 Å².